The standard InChI is InChI=1S/C19H30O3/c1-18(9-4-7-16(18)20)10-8-14-5-3-6-15-13-17(21)22-12-11-19(14,15)2/h14-15H,3-13H2,1-2H3. The van der Waals surface area contributed by atoms with Crippen LogP contribution in [0.5, 0.6) is 0 Å². The molecular weight excluding hydrogens is 276 g/mol. The Bertz CT molecular complexity index is 458. The van der Waals surface area contributed by atoms with Crippen LogP contribution in [0, 0.1) is 22.7 Å². The summed E-state index contributed by atoms with van der Waals surface area (Å²) in [6.45, 7) is 5.13. The number of esters is 1. The van der Waals surface area contributed by atoms with Gasteiger partial charge >= 0.3 is 5.97 Å². The largest absolute Gasteiger partial charge is 0.466 e. The van der Waals surface area contributed by atoms with Gasteiger partial charge in [0, 0.05) is 18.3 Å². The summed E-state index contributed by atoms with van der Waals surface area (Å²) in [5.74, 6) is 1.59. The first-order valence-electron chi connectivity index (χ1n) is 9.13. The predicted molar refractivity (Wildman–Crippen MR) is 85.3 cm³/mol. The van der Waals surface area contributed by atoms with E-state index >= 15 is 0 Å². The van der Waals surface area contributed by atoms with Crippen molar-refractivity contribution in [2.75, 3.05) is 6.61 Å². The minimum absolute atomic E-state index is 0.00712. The minimum atomic E-state index is -0.0691. The van der Waals surface area contributed by atoms with Crippen molar-refractivity contribution in [2.24, 2.45) is 22.7 Å². The predicted octanol–water partition coefficient (Wildman–Crippen LogP) is 4.29. The van der Waals surface area contributed by atoms with Crippen molar-refractivity contribution in [3.05, 3.63) is 0 Å². The van der Waals surface area contributed by atoms with Gasteiger partial charge in [-0.25, -0.2) is 0 Å². The van der Waals surface area contributed by atoms with Gasteiger partial charge in [-0.1, -0.05) is 20.3 Å². The molecule has 3 aliphatic rings. The molecule has 4 unspecified atom stereocenters. The Morgan fingerprint density at radius 1 is 1.14 bits per heavy atom. The molecule has 2 aliphatic carbocycles. The molecule has 124 valence electrons. The Morgan fingerprint density at radius 3 is 2.68 bits per heavy atom. The second-order valence-corrected chi connectivity index (χ2v) is 8.38. The summed E-state index contributed by atoms with van der Waals surface area (Å²) in [6, 6.07) is 0. The SMILES string of the molecule is CC1(CCC2CCCC3CC(=O)OCCC23C)CCCC1=O. The Morgan fingerprint density at radius 2 is 1.95 bits per heavy atom. The molecule has 3 heteroatoms. The molecule has 3 fully saturated rings. The zero-order chi connectivity index (χ0) is 15.8. The van der Waals surface area contributed by atoms with Crippen molar-refractivity contribution < 1.29 is 14.3 Å². The topological polar surface area (TPSA) is 43.4 Å². The number of ketones is 1. The van der Waals surface area contributed by atoms with Crippen LogP contribution in [0.2, 0.25) is 0 Å². The van der Waals surface area contributed by atoms with E-state index in [-0.39, 0.29) is 16.8 Å². The number of rotatable bonds is 3. The van der Waals surface area contributed by atoms with Gasteiger partial charge in [-0.2, -0.15) is 0 Å². The van der Waals surface area contributed by atoms with Crippen molar-refractivity contribution in [1.82, 2.24) is 0 Å². The van der Waals surface area contributed by atoms with Crippen molar-refractivity contribution in [2.45, 2.75) is 78.1 Å². The van der Waals surface area contributed by atoms with Crippen LogP contribution in [0.4, 0.5) is 0 Å². The number of carbonyl (C=O) groups excluding carboxylic acids is 2. The van der Waals surface area contributed by atoms with Gasteiger partial charge in [0.05, 0.1) is 6.61 Å². The second kappa shape index (κ2) is 5.98. The molecule has 1 saturated heterocycles. The van der Waals surface area contributed by atoms with Crippen LogP contribution in [-0.4, -0.2) is 18.4 Å². The van der Waals surface area contributed by atoms with Gasteiger partial charge in [0.1, 0.15) is 5.78 Å². The number of hydrogen-bond donors (Lipinski definition) is 0. The first-order valence-corrected chi connectivity index (χ1v) is 9.13. The van der Waals surface area contributed by atoms with E-state index in [0.717, 1.165) is 44.9 Å². The molecule has 0 aromatic carbocycles. The monoisotopic (exact) mass is 306 g/mol. The summed E-state index contributed by atoms with van der Waals surface area (Å²) in [4.78, 5) is 23.9. The molecule has 0 aromatic heterocycles. The summed E-state index contributed by atoms with van der Waals surface area (Å²) in [5, 5.41) is 0. The van der Waals surface area contributed by atoms with Gasteiger partial charge in [-0.05, 0) is 62.2 Å². The average Bonchev–Trinajstić information content (AvgIpc) is 2.71. The Kier molecular flexibility index (Phi) is 4.35. The lowest BCUT2D eigenvalue weighted by atomic mass is 9.57. The molecule has 1 heterocycles. The number of ether oxygens (including phenoxy) is 1. The van der Waals surface area contributed by atoms with Gasteiger partial charge in [-0.15, -0.1) is 0 Å². The van der Waals surface area contributed by atoms with Crippen molar-refractivity contribution in [3.8, 4) is 0 Å². The van der Waals surface area contributed by atoms with E-state index in [2.05, 4.69) is 13.8 Å². The van der Waals surface area contributed by atoms with Crippen LogP contribution in [-0.2, 0) is 14.3 Å². The van der Waals surface area contributed by atoms with Crippen molar-refractivity contribution in [3.63, 3.8) is 0 Å². The van der Waals surface area contributed by atoms with Crippen LogP contribution in [0.25, 0.3) is 0 Å². The summed E-state index contributed by atoms with van der Waals surface area (Å²) in [6.07, 6.45) is 10.3. The smallest absolute Gasteiger partial charge is 0.306 e. The third-order valence-electron chi connectivity index (χ3n) is 7.14. The summed E-state index contributed by atoms with van der Waals surface area (Å²) in [7, 11) is 0. The molecule has 0 radical (unpaired) electrons. The number of fused-ring (bicyclic) bond motifs is 1. The highest BCUT2D eigenvalue weighted by Gasteiger charge is 2.47. The van der Waals surface area contributed by atoms with Crippen LogP contribution in [0.1, 0.15) is 78.1 Å². The molecular formula is C19H30O3. The Hall–Kier alpha value is -0.860. The van der Waals surface area contributed by atoms with E-state index in [1.165, 1.54) is 12.8 Å². The molecule has 0 aromatic rings. The number of hydrogen-bond acceptors (Lipinski definition) is 3. The maximum Gasteiger partial charge on any atom is 0.306 e. The van der Waals surface area contributed by atoms with Gasteiger partial charge in [0.25, 0.3) is 0 Å². The van der Waals surface area contributed by atoms with E-state index in [4.69, 9.17) is 4.74 Å². The maximum atomic E-state index is 12.2. The van der Waals surface area contributed by atoms with E-state index in [9.17, 15) is 9.59 Å². The lowest BCUT2D eigenvalue weighted by Gasteiger charge is -2.47. The third kappa shape index (κ3) is 2.83. The fourth-order valence-corrected chi connectivity index (χ4v) is 5.30. The molecule has 0 spiro atoms. The number of Topliss-reactive ketones (excluding diaryl/α,β-unsaturated/α-hetero) is 1. The first kappa shape index (κ1) is 16.0. The lowest BCUT2D eigenvalue weighted by molar-refractivity contribution is -0.143. The van der Waals surface area contributed by atoms with E-state index in [1.807, 2.05) is 0 Å². The van der Waals surface area contributed by atoms with Crippen LogP contribution < -0.4 is 0 Å². The fourth-order valence-electron chi connectivity index (χ4n) is 5.30. The summed E-state index contributed by atoms with van der Waals surface area (Å²) >= 11 is 0. The molecule has 3 nitrogen and oxygen atoms in total. The quantitative estimate of drug-likeness (QED) is 0.731. The number of carbonyl (C=O) groups is 2. The van der Waals surface area contributed by atoms with E-state index in [0.29, 0.717) is 30.6 Å². The normalized spacial score (nSPS) is 42.6. The molecule has 3 rings (SSSR count). The molecule has 0 N–H and O–H groups in total. The first-order chi connectivity index (χ1) is 10.4. The maximum absolute atomic E-state index is 12.2. The highest BCUT2D eigenvalue weighted by molar-refractivity contribution is 5.86. The second-order valence-electron chi connectivity index (χ2n) is 8.38. The van der Waals surface area contributed by atoms with Crippen molar-refractivity contribution >= 4 is 11.8 Å². The van der Waals surface area contributed by atoms with Crippen LogP contribution >= 0.6 is 0 Å². The molecule has 22 heavy (non-hydrogen) atoms. The Balaban J connectivity index is 1.69. The molecule has 1 aliphatic heterocycles. The summed E-state index contributed by atoms with van der Waals surface area (Å²) < 4.78 is 5.33. The molecule has 2 saturated carbocycles. The van der Waals surface area contributed by atoms with Gasteiger partial charge in [0.2, 0.25) is 0 Å². The highest BCUT2D eigenvalue weighted by atomic mass is 16.5. The van der Waals surface area contributed by atoms with Crippen molar-refractivity contribution in [1.29, 1.82) is 0 Å². The average molecular weight is 306 g/mol. The Labute approximate surface area is 134 Å². The van der Waals surface area contributed by atoms with Gasteiger partial charge in [0.15, 0.2) is 0 Å². The van der Waals surface area contributed by atoms with E-state index < -0.39 is 0 Å². The van der Waals surface area contributed by atoms with E-state index in [1.54, 1.807) is 0 Å². The third-order valence-corrected chi connectivity index (χ3v) is 7.14. The lowest BCUT2D eigenvalue weighted by Crippen LogP contribution is -2.40. The van der Waals surface area contributed by atoms with Gasteiger partial charge in [-0.3, -0.25) is 9.59 Å². The summed E-state index contributed by atoms with van der Waals surface area (Å²) in [5.41, 5.74) is 0.156. The number of cyclic esters (lactones) is 1. The van der Waals surface area contributed by atoms with Crippen LogP contribution in [0.15, 0.2) is 0 Å². The highest BCUT2D eigenvalue weighted by Crippen LogP contribution is 2.53. The molecule has 0 bridgehead atoms. The molecule has 0 amide bonds. The zero-order valence-corrected chi connectivity index (χ0v) is 14.2. The minimum Gasteiger partial charge on any atom is -0.466 e. The molecule has 4 atom stereocenters. The zero-order valence-electron chi connectivity index (χ0n) is 14.2. The van der Waals surface area contributed by atoms with Crippen LogP contribution in [0.3, 0.4) is 0 Å². The van der Waals surface area contributed by atoms with Gasteiger partial charge < -0.3 is 4.74 Å². The fraction of sp³-hybridized carbons (Fsp3) is 0.895.